The van der Waals surface area contributed by atoms with Gasteiger partial charge in [0.15, 0.2) is 5.17 Å². The summed E-state index contributed by atoms with van der Waals surface area (Å²) in [7, 11) is 0. The number of aliphatic imine (C=N–C) groups is 1. The van der Waals surface area contributed by atoms with Gasteiger partial charge in [-0.1, -0.05) is 23.7 Å². The van der Waals surface area contributed by atoms with Gasteiger partial charge < -0.3 is 10.4 Å². The number of rotatable bonds is 3. The number of amidine groups is 1. The molecule has 2 N–H and O–H groups in total. The number of hydrogen-bond acceptors (Lipinski definition) is 5. The van der Waals surface area contributed by atoms with E-state index in [9.17, 15) is 9.59 Å². The van der Waals surface area contributed by atoms with Crippen LogP contribution in [0.25, 0.3) is 17.0 Å². The SMILES string of the molecule is O=C1NC(=Nc2cc(C(=O)O)ccc2Cl)SC1=Cc1ccc2ncccc2c1. The third kappa shape index (κ3) is 3.76. The Morgan fingerprint density at radius 1 is 1.21 bits per heavy atom. The molecule has 0 bridgehead atoms. The highest BCUT2D eigenvalue weighted by molar-refractivity contribution is 8.18. The molecule has 1 amide bonds. The first-order valence-corrected chi connectivity index (χ1v) is 9.36. The van der Waals surface area contributed by atoms with Gasteiger partial charge >= 0.3 is 5.97 Å². The van der Waals surface area contributed by atoms with E-state index < -0.39 is 5.97 Å². The maximum Gasteiger partial charge on any atom is 0.335 e. The molecule has 0 saturated carbocycles. The number of carbonyl (C=O) groups excluding carboxylic acids is 1. The molecular formula is C20H12ClN3O3S. The van der Waals surface area contributed by atoms with Gasteiger partial charge in [-0.3, -0.25) is 9.78 Å². The van der Waals surface area contributed by atoms with Crippen molar-refractivity contribution in [2.45, 2.75) is 0 Å². The summed E-state index contributed by atoms with van der Waals surface area (Å²) >= 11 is 7.26. The number of carboxylic acid groups (broad SMARTS) is 1. The van der Waals surface area contributed by atoms with E-state index in [1.165, 1.54) is 30.0 Å². The van der Waals surface area contributed by atoms with Crippen LogP contribution >= 0.6 is 23.4 Å². The number of fused-ring (bicyclic) bond motifs is 1. The molecule has 0 aliphatic carbocycles. The monoisotopic (exact) mass is 409 g/mol. The highest BCUT2D eigenvalue weighted by Crippen LogP contribution is 2.32. The Labute approximate surface area is 169 Å². The van der Waals surface area contributed by atoms with E-state index in [-0.39, 0.29) is 17.2 Å². The van der Waals surface area contributed by atoms with Crippen molar-refractivity contribution >= 4 is 63.1 Å². The van der Waals surface area contributed by atoms with Crippen LogP contribution in [0.2, 0.25) is 5.02 Å². The Morgan fingerprint density at radius 2 is 2.07 bits per heavy atom. The molecule has 0 unspecified atom stereocenters. The first-order valence-electron chi connectivity index (χ1n) is 8.17. The third-order valence-electron chi connectivity index (χ3n) is 3.99. The van der Waals surface area contributed by atoms with Crippen LogP contribution in [0.4, 0.5) is 5.69 Å². The molecule has 0 spiro atoms. The molecule has 2 aromatic carbocycles. The normalized spacial score (nSPS) is 16.7. The van der Waals surface area contributed by atoms with Gasteiger partial charge in [0.1, 0.15) is 0 Å². The largest absolute Gasteiger partial charge is 0.478 e. The van der Waals surface area contributed by atoms with E-state index in [0.29, 0.717) is 15.1 Å². The Morgan fingerprint density at radius 3 is 2.89 bits per heavy atom. The second-order valence-corrected chi connectivity index (χ2v) is 7.35. The maximum atomic E-state index is 12.3. The molecule has 1 aromatic heterocycles. The van der Waals surface area contributed by atoms with Gasteiger partial charge in [-0.25, -0.2) is 9.79 Å². The fraction of sp³-hybridized carbons (Fsp3) is 0. The van der Waals surface area contributed by atoms with Gasteiger partial charge in [0.2, 0.25) is 0 Å². The number of halogens is 1. The summed E-state index contributed by atoms with van der Waals surface area (Å²) in [6, 6.07) is 13.8. The zero-order chi connectivity index (χ0) is 19.7. The zero-order valence-corrected chi connectivity index (χ0v) is 15.8. The van der Waals surface area contributed by atoms with E-state index in [1.54, 1.807) is 12.3 Å². The van der Waals surface area contributed by atoms with E-state index >= 15 is 0 Å². The molecule has 8 heteroatoms. The third-order valence-corrected chi connectivity index (χ3v) is 5.22. The lowest BCUT2D eigenvalue weighted by molar-refractivity contribution is -0.115. The molecule has 1 aliphatic rings. The average Bonchev–Trinajstić information content (AvgIpc) is 3.02. The van der Waals surface area contributed by atoms with Crippen LogP contribution in [0.15, 0.2) is 64.6 Å². The van der Waals surface area contributed by atoms with Crippen molar-refractivity contribution in [3.8, 4) is 0 Å². The Bertz CT molecular complexity index is 1190. The number of nitrogens with zero attached hydrogens (tertiary/aromatic N) is 2. The van der Waals surface area contributed by atoms with Gasteiger partial charge in [0.25, 0.3) is 5.91 Å². The maximum absolute atomic E-state index is 12.3. The number of pyridine rings is 1. The van der Waals surface area contributed by atoms with Crippen LogP contribution in [-0.2, 0) is 4.79 Å². The minimum Gasteiger partial charge on any atom is -0.478 e. The topological polar surface area (TPSA) is 91.7 Å². The summed E-state index contributed by atoms with van der Waals surface area (Å²) in [5.74, 6) is -1.35. The zero-order valence-electron chi connectivity index (χ0n) is 14.2. The van der Waals surface area contributed by atoms with E-state index in [4.69, 9.17) is 16.7 Å². The summed E-state index contributed by atoms with van der Waals surface area (Å²) in [4.78, 5) is 32.5. The number of amides is 1. The highest BCUT2D eigenvalue weighted by Gasteiger charge is 2.24. The average molecular weight is 410 g/mol. The predicted molar refractivity (Wildman–Crippen MR) is 111 cm³/mol. The van der Waals surface area contributed by atoms with E-state index in [2.05, 4.69) is 15.3 Å². The number of aromatic nitrogens is 1. The molecule has 0 atom stereocenters. The fourth-order valence-corrected chi connectivity index (χ4v) is 3.65. The van der Waals surface area contributed by atoms with E-state index in [0.717, 1.165) is 16.5 Å². The van der Waals surface area contributed by atoms with Crippen LogP contribution in [0, 0.1) is 0 Å². The van der Waals surface area contributed by atoms with Crippen molar-refractivity contribution in [2.24, 2.45) is 4.99 Å². The molecule has 0 radical (unpaired) electrons. The van der Waals surface area contributed by atoms with E-state index in [1.807, 2.05) is 30.3 Å². The van der Waals surface area contributed by atoms with Crippen LogP contribution in [0.3, 0.4) is 0 Å². The minimum absolute atomic E-state index is 0.0682. The number of nitrogens with one attached hydrogen (secondary N) is 1. The number of carboxylic acids is 1. The van der Waals surface area contributed by atoms with Gasteiger partial charge in [0, 0.05) is 11.6 Å². The fourth-order valence-electron chi connectivity index (χ4n) is 2.66. The molecular weight excluding hydrogens is 398 g/mol. The van der Waals surface area contributed by atoms with Crippen molar-refractivity contribution in [1.29, 1.82) is 0 Å². The predicted octanol–water partition coefficient (Wildman–Crippen LogP) is 4.48. The molecule has 138 valence electrons. The number of carbonyl (C=O) groups is 2. The first kappa shape index (κ1) is 18.2. The summed E-state index contributed by atoms with van der Waals surface area (Å²) in [6.45, 7) is 0. The molecule has 1 saturated heterocycles. The van der Waals surface area contributed by atoms with Crippen molar-refractivity contribution in [1.82, 2.24) is 10.3 Å². The van der Waals surface area contributed by atoms with Crippen molar-refractivity contribution in [2.75, 3.05) is 0 Å². The van der Waals surface area contributed by atoms with Gasteiger partial charge in [-0.15, -0.1) is 0 Å². The lowest BCUT2D eigenvalue weighted by atomic mass is 10.1. The second-order valence-electron chi connectivity index (χ2n) is 5.91. The van der Waals surface area contributed by atoms with Gasteiger partial charge in [-0.2, -0.15) is 0 Å². The summed E-state index contributed by atoms with van der Waals surface area (Å²) < 4.78 is 0. The summed E-state index contributed by atoms with van der Waals surface area (Å²) in [6.07, 6.45) is 3.50. The van der Waals surface area contributed by atoms with Crippen molar-refractivity contribution < 1.29 is 14.7 Å². The van der Waals surface area contributed by atoms with Crippen LogP contribution in [-0.4, -0.2) is 27.1 Å². The number of hydrogen-bond donors (Lipinski definition) is 2. The van der Waals surface area contributed by atoms with Crippen LogP contribution in [0.5, 0.6) is 0 Å². The van der Waals surface area contributed by atoms with Crippen LogP contribution < -0.4 is 5.32 Å². The van der Waals surface area contributed by atoms with Gasteiger partial charge in [0.05, 0.1) is 26.7 Å². The Balaban J connectivity index is 1.63. The molecule has 1 fully saturated rings. The lowest BCUT2D eigenvalue weighted by Gasteiger charge is -2.01. The molecule has 4 rings (SSSR count). The quantitative estimate of drug-likeness (QED) is 0.622. The van der Waals surface area contributed by atoms with Crippen molar-refractivity contribution in [3.63, 3.8) is 0 Å². The molecule has 6 nitrogen and oxygen atoms in total. The number of thioether (sulfide) groups is 1. The number of benzene rings is 2. The molecule has 1 aliphatic heterocycles. The summed E-state index contributed by atoms with van der Waals surface area (Å²) in [5, 5.41) is 13.4. The second kappa shape index (κ2) is 7.46. The molecule has 2 heterocycles. The Kier molecular flexibility index (Phi) is 4.85. The minimum atomic E-state index is -1.08. The standard InChI is InChI=1S/C20H12ClN3O3S/c21-14-5-4-13(19(26)27)10-16(14)23-20-24-18(25)17(28-20)9-11-3-6-15-12(8-11)2-1-7-22-15/h1-10H,(H,26,27)(H,23,24,25). The summed E-state index contributed by atoms with van der Waals surface area (Å²) in [5.41, 5.74) is 2.09. The first-order chi connectivity index (χ1) is 13.5. The highest BCUT2D eigenvalue weighted by atomic mass is 35.5. The van der Waals surface area contributed by atoms with Crippen LogP contribution in [0.1, 0.15) is 15.9 Å². The van der Waals surface area contributed by atoms with Gasteiger partial charge in [-0.05, 0) is 59.8 Å². The van der Waals surface area contributed by atoms with Crippen molar-refractivity contribution in [3.05, 3.63) is 75.8 Å². The lowest BCUT2D eigenvalue weighted by Crippen LogP contribution is -2.19. The Hall–Kier alpha value is -3.16. The molecule has 28 heavy (non-hydrogen) atoms. The molecule has 3 aromatic rings. The number of aromatic carboxylic acids is 1. The smallest absolute Gasteiger partial charge is 0.335 e.